The summed E-state index contributed by atoms with van der Waals surface area (Å²) in [7, 11) is 3.02. The van der Waals surface area contributed by atoms with Crippen LogP contribution in [-0.2, 0) is 4.79 Å². The minimum atomic E-state index is -0.442. The van der Waals surface area contributed by atoms with Crippen LogP contribution < -0.4 is 24.8 Å². The summed E-state index contributed by atoms with van der Waals surface area (Å²) in [5.74, 6) is 0.816. The smallest absolute Gasteiger partial charge is 0.268 e. The molecule has 0 saturated heterocycles. The van der Waals surface area contributed by atoms with E-state index in [0.29, 0.717) is 17.1 Å². The molecule has 0 radical (unpaired) electrons. The monoisotopic (exact) mass is 494 g/mol. The van der Waals surface area contributed by atoms with E-state index in [0.717, 1.165) is 16.2 Å². The van der Waals surface area contributed by atoms with Crippen LogP contribution >= 0.6 is 11.3 Å². The first kappa shape index (κ1) is 25.8. The van der Waals surface area contributed by atoms with Crippen LogP contribution in [0.3, 0.4) is 0 Å². The van der Waals surface area contributed by atoms with Gasteiger partial charge in [0.1, 0.15) is 18.1 Å². The summed E-state index contributed by atoms with van der Waals surface area (Å²) in [6.07, 6.45) is 1.65. The van der Waals surface area contributed by atoms with Crippen LogP contribution in [0.2, 0.25) is 0 Å². The van der Waals surface area contributed by atoms with Crippen LogP contribution in [0.1, 0.15) is 33.3 Å². The Balaban J connectivity index is 1.71. The van der Waals surface area contributed by atoms with Gasteiger partial charge in [0.05, 0.1) is 20.3 Å². The average molecular weight is 495 g/mol. The largest absolute Gasteiger partial charge is 0.493 e. The molecule has 0 aliphatic rings. The van der Waals surface area contributed by atoms with Crippen molar-refractivity contribution < 1.29 is 23.8 Å². The van der Waals surface area contributed by atoms with Gasteiger partial charge in [0.25, 0.3) is 11.8 Å². The van der Waals surface area contributed by atoms with Gasteiger partial charge in [0.15, 0.2) is 11.5 Å². The Hall–Kier alpha value is -3.78. The normalized spacial score (nSPS) is 12.0. The Kier molecular flexibility index (Phi) is 8.92. The zero-order valence-corrected chi connectivity index (χ0v) is 21.3. The molecule has 0 saturated carbocycles. The second kappa shape index (κ2) is 12.1. The molecular formula is C27H30N2O5S. The Morgan fingerprint density at radius 3 is 2.43 bits per heavy atom. The third-order valence-corrected chi connectivity index (χ3v) is 6.14. The maximum Gasteiger partial charge on any atom is 0.268 e. The summed E-state index contributed by atoms with van der Waals surface area (Å²) < 4.78 is 16.4. The predicted molar refractivity (Wildman–Crippen MR) is 138 cm³/mol. The number of aryl methyl sites for hydroxylation is 2. The highest BCUT2D eigenvalue weighted by molar-refractivity contribution is 7.10. The van der Waals surface area contributed by atoms with Crippen LogP contribution in [0, 0.1) is 13.8 Å². The third-order valence-electron chi connectivity index (χ3n) is 5.32. The number of nitrogens with one attached hydrogen (secondary N) is 2. The first-order valence-corrected chi connectivity index (χ1v) is 12.0. The first-order valence-electron chi connectivity index (χ1n) is 11.1. The molecule has 0 fully saturated rings. The molecule has 35 heavy (non-hydrogen) atoms. The van der Waals surface area contributed by atoms with E-state index >= 15 is 0 Å². The SMILES string of the molecule is COc1ccc(C(=O)N/C(=C\c2cccs2)C(=O)N[C@@H](C)COc2ccc(C)c(C)c2)cc1OC. The fraction of sp³-hybridized carbons (Fsp3) is 0.259. The van der Waals surface area contributed by atoms with Crippen molar-refractivity contribution in [1.29, 1.82) is 0 Å². The lowest BCUT2D eigenvalue weighted by atomic mass is 10.1. The van der Waals surface area contributed by atoms with Crippen molar-refractivity contribution in [2.45, 2.75) is 26.8 Å². The Labute approximate surface area is 209 Å². The van der Waals surface area contributed by atoms with Gasteiger partial charge < -0.3 is 24.8 Å². The van der Waals surface area contributed by atoms with Gasteiger partial charge in [-0.1, -0.05) is 12.1 Å². The molecule has 0 spiro atoms. The fourth-order valence-corrected chi connectivity index (χ4v) is 3.87. The summed E-state index contributed by atoms with van der Waals surface area (Å²) >= 11 is 1.46. The van der Waals surface area contributed by atoms with Crippen molar-refractivity contribution in [2.24, 2.45) is 0 Å². The summed E-state index contributed by atoms with van der Waals surface area (Å²) in [5.41, 5.74) is 2.79. The lowest BCUT2D eigenvalue weighted by Gasteiger charge is -2.17. The summed E-state index contributed by atoms with van der Waals surface area (Å²) in [5, 5.41) is 7.53. The number of methoxy groups -OCH3 is 2. The van der Waals surface area contributed by atoms with Crippen molar-refractivity contribution in [1.82, 2.24) is 10.6 Å². The van der Waals surface area contributed by atoms with Crippen molar-refractivity contribution >= 4 is 29.2 Å². The van der Waals surface area contributed by atoms with Gasteiger partial charge >= 0.3 is 0 Å². The molecule has 0 aliphatic carbocycles. The molecule has 3 rings (SSSR count). The van der Waals surface area contributed by atoms with Crippen LogP contribution in [-0.4, -0.2) is 38.7 Å². The van der Waals surface area contributed by atoms with Crippen molar-refractivity contribution in [3.8, 4) is 17.2 Å². The van der Waals surface area contributed by atoms with E-state index in [9.17, 15) is 9.59 Å². The minimum Gasteiger partial charge on any atom is -0.493 e. The molecule has 1 aromatic heterocycles. The molecule has 0 unspecified atom stereocenters. The number of hydrogen-bond acceptors (Lipinski definition) is 6. The molecule has 0 bridgehead atoms. The van der Waals surface area contributed by atoms with Crippen molar-refractivity contribution in [3.05, 3.63) is 81.2 Å². The van der Waals surface area contributed by atoms with Crippen LogP contribution in [0.5, 0.6) is 17.2 Å². The second-order valence-electron chi connectivity index (χ2n) is 8.03. The molecule has 0 aliphatic heterocycles. The van der Waals surface area contributed by atoms with Crippen LogP contribution in [0.4, 0.5) is 0 Å². The molecule has 2 amide bonds. The highest BCUT2D eigenvalue weighted by Gasteiger charge is 2.18. The zero-order chi connectivity index (χ0) is 25.4. The molecule has 2 aromatic carbocycles. The molecular weight excluding hydrogens is 464 g/mol. The molecule has 3 aromatic rings. The zero-order valence-electron chi connectivity index (χ0n) is 20.5. The topological polar surface area (TPSA) is 85.9 Å². The van der Waals surface area contributed by atoms with Crippen molar-refractivity contribution in [3.63, 3.8) is 0 Å². The standard InChI is InChI=1S/C27H30N2O5S/c1-17-8-10-21(13-18(17)2)34-16-19(3)28-27(31)23(15-22-7-6-12-35-22)29-26(30)20-9-11-24(32-4)25(14-20)33-5/h6-15,19H,16H2,1-5H3,(H,28,31)(H,29,30)/b23-15-/t19-/m0/s1. The van der Waals surface area contributed by atoms with Gasteiger partial charge in [-0.05, 0) is 79.8 Å². The lowest BCUT2D eigenvalue weighted by molar-refractivity contribution is -0.118. The maximum absolute atomic E-state index is 13.1. The Morgan fingerprint density at radius 2 is 1.77 bits per heavy atom. The van der Waals surface area contributed by atoms with Crippen molar-refractivity contribution in [2.75, 3.05) is 20.8 Å². The fourth-order valence-electron chi connectivity index (χ4n) is 3.21. The number of thiophene rings is 1. The molecule has 7 nitrogen and oxygen atoms in total. The third kappa shape index (κ3) is 7.10. The number of rotatable bonds is 10. The quantitative estimate of drug-likeness (QED) is 0.398. The Morgan fingerprint density at radius 1 is 1.00 bits per heavy atom. The molecule has 8 heteroatoms. The second-order valence-corrected chi connectivity index (χ2v) is 9.01. The molecule has 1 atom stereocenters. The minimum absolute atomic E-state index is 0.130. The highest BCUT2D eigenvalue weighted by atomic mass is 32.1. The summed E-state index contributed by atoms with van der Waals surface area (Å²) in [4.78, 5) is 26.9. The van der Waals surface area contributed by atoms with Crippen LogP contribution in [0.25, 0.3) is 6.08 Å². The Bertz CT molecular complexity index is 1200. The van der Waals surface area contributed by atoms with Gasteiger partial charge in [-0.2, -0.15) is 0 Å². The van der Waals surface area contributed by atoms with E-state index in [4.69, 9.17) is 14.2 Å². The van der Waals surface area contributed by atoms with Gasteiger partial charge in [0, 0.05) is 10.4 Å². The van der Waals surface area contributed by atoms with Gasteiger partial charge in [-0.3, -0.25) is 9.59 Å². The van der Waals surface area contributed by atoms with E-state index < -0.39 is 11.8 Å². The molecule has 1 heterocycles. The van der Waals surface area contributed by atoms with E-state index in [1.165, 1.54) is 31.1 Å². The lowest BCUT2D eigenvalue weighted by Crippen LogP contribution is -2.41. The van der Waals surface area contributed by atoms with Gasteiger partial charge in [-0.25, -0.2) is 0 Å². The number of ether oxygens (including phenoxy) is 3. The number of hydrogen-bond donors (Lipinski definition) is 2. The molecule has 184 valence electrons. The maximum atomic E-state index is 13.1. The van der Waals surface area contributed by atoms with E-state index in [-0.39, 0.29) is 18.3 Å². The molecule has 2 N–H and O–H groups in total. The van der Waals surface area contributed by atoms with E-state index in [1.54, 1.807) is 24.3 Å². The average Bonchev–Trinajstić information content (AvgIpc) is 3.37. The predicted octanol–water partition coefficient (Wildman–Crippen LogP) is 4.74. The number of carbonyl (C=O) groups excluding carboxylic acids is 2. The summed E-state index contributed by atoms with van der Waals surface area (Å²) in [6.45, 7) is 6.19. The van der Waals surface area contributed by atoms with Crippen LogP contribution in [0.15, 0.2) is 59.6 Å². The highest BCUT2D eigenvalue weighted by Crippen LogP contribution is 2.27. The summed E-state index contributed by atoms with van der Waals surface area (Å²) in [6, 6.07) is 14.1. The van der Waals surface area contributed by atoms with E-state index in [2.05, 4.69) is 10.6 Å². The number of carbonyl (C=O) groups is 2. The number of benzene rings is 2. The van der Waals surface area contributed by atoms with Gasteiger partial charge in [0.2, 0.25) is 0 Å². The first-order chi connectivity index (χ1) is 16.8. The number of amides is 2. The van der Waals surface area contributed by atoms with Gasteiger partial charge in [-0.15, -0.1) is 11.3 Å². The van der Waals surface area contributed by atoms with E-state index in [1.807, 2.05) is 56.5 Å².